The summed E-state index contributed by atoms with van der Waals surface area (Å²) in [6.45, 7) is 9.65. The molecule has 1 aliphatic rings. The van der Waals surface area contributed by atoms with Gasteiger partial charge in [0.25, 0.3) is 5.56 Å². The van der Waals surface area contributed by atoms with E-state index in [0.717, 1.165) is 41.8 Å². The summed E-state index contributed by atoms with van der Waals surface area (Å²) in [7, 11) is 2.09. The molecule has 2 heterocycles. The molecule has 1 aromatic carbocycles. The summed E-state index contributed by atoms with van der Waals surface area (Å²) < 4.78 is 0. The Labute approximate surface area is 177 Å². The third-order valence-corrected chi connectivity index (χ3v) is 7.47. The monoisotopic (exact) mass is 409 g/mol. The van der Waals surface area contributed by atoms with Gasteiger partial charge in [-0.2, -0.15) is 0 Å². The van der Waals surface area contributed by atoms with E-state index in [2.05, 4.69) is 68.9 Å². The Bertz CT molecular complexity index is 1060. The van der Waals surface area contributed by atoms with Crippen molar-refractivity contribution in [3.05, 3.63) is 62.0 Å². The van der Waals surface area contributed by atoms with E-state index in [1.165, 1.54) is 21.6 Å². The standard InChI is InChI=1S/C24H31N3OS/c1-14(2)18-9-7-17(8-10-18)13-27(5)16(4)22-25-23(28)21-19-11-6-15(3)12-20(19)29-24(21)26-22/h7-10,14-16H,6,11-13H2,1-5H3,(H,25,26,28). The first-order chi connectivity index (χ1) is 13.8. The molecule has 4 rings (SSSR count). The lowest BCUT2D eigenvalue weighted by Crippen LogP contribution is -2.26. The van der Waals surface area contributed by atoms with E-state index in [9.17, 15) is 4.79 Å². The minimum absolute atomic E-state index is 0.0265. The van der Waals surface area contributed by atoms with Gasteiger partial charge in [-0.15, -0.1) is 11.3 Å². The van der Waals surface area contributed by atoms with Crippen LogP contribution >= 0.6 is 11.3 Å². The molecule has 4 nitrogen and oxygen atoms in total. The zero-order valence-electron chi connectivity index (χ0n) is 18.1. The summed E-state index contributed by atoms with van der Waals surface area (Å²) in [4.78, 5) is 25.4. The van der Waals surface area contributed by atoms with Crippen molar-refractivity contribution >= 4 is 21.6 Å². The summed E-state index contributed by atoms with van der Waals surface area (Å²) in [6.07, 6.45) is 3.24. The van der Waals surface area contributed by atoms with Gasteiger partial charge in [0.15, 0.2) is 0 Å². The predicted molar refractivity (Wildman–Crippen MR) is 122 cm³/mol. The van der Waals surface area contributed by atoms with E-state index in [1.807, 2.05) is 0 Å². The number of aryl methyl sites for hydroxylation is 1. The second kappa shape index (κ2) is 8.04. The molecule has 154 valence electrons. The van der Waals surface area contributed by atoms with E-state index in [4.69, 9.17) is 4.98 Å². The van der Waals surface area contributed by atoms with Gasteiger partial charge >= 0.3 is 0 Å². The van der Waals surface area contributed by atoms with Crippen molar-refractivity contribution in [3.63, 3.8) is 0 Å². The third-order valence-electron chi connectivity index (χ3n) is 6.32. The molecule has 2 aromatic heterocycles. The van der Waals surface area contributed by atoms with Gasteiger partial charge < -0.3 is 4.98 Å². The average molecular weight is 410 g/mol. The highest BCUT2D eigenvalue weighted by Gasteiger charge is 2.24. The largest absolute Gasteiger partial charge is 0.309 e. The number of hydrogen-bond donors (Lipinski definition) is 1. The normalized spacial score (nSPS) is 17.8. The summed E-state index contributed by atoms with van der Waals surface area (Å²) in [6, 6.07) is 8.86. The van der Waals surface area contributed by atoms with E-state index >= 15 is 0 Å². The molecule has 1 N–H and O–H groups in total. The highest BCUT2D eigenvalue weighted by atomic mass is 32.1. The molecule has 2 unspecified atom stereocenters. The first kappa shape index (κ1) is 20.3. The molecule has 0 saturated heterocycles. The lowest BCUT2D eigenvalue weighted by Gasteiger charge is -2.24. The second-order valence-electron chi connectivity index (χ2n) is 8.97. The molecule has 0 saturated carbocycles. The van der Waals surface area contributed by atoms with Crippen LogP contribution in [0.25, 0.3) is 10.2 Å². The van der Waals surface area contributed by atoms with Gasteiger partial charge in [0, 0.05) is 11.4 Å². The maximum Gasteiger partial charge on any atom is 0.259 e. The van der Waals surface area contributed by atoms with Gasteiger partial charge in [-0.1, -0.05) is 45.0 Å². The van der Waals surface area contributed by atoms with E-state index < -0.39 is 0 Å². The number of benzene rings is 1. The van der Waals surface area contributed by atoms with Crippen LogP contribution < -0.4 is 5.56 Å². The number of hydrogen-bond acceptors (Lipinski definition) is 4. The number of nitrogens with one attached hydrogen (secondary N) is 1. The molecule has 0 amide bonds. The molecule has 0 aliphatic heterocycles. The van der Waals surface area contributed by atoms with Crippen LogP contribution in [0.1, 0.15) is 73.5 Å². The van der Waals surface area contributed by atoms with Crippen molar-refractivity contribution in [1.82, 2.24) is 14.9 Å². The van der Waals surface area contributed by atoms with Crippen molar-refractivity contribution < 1.29 is 0 Å². The summed E-state index contributed by atoms with van der Waals surface area (Å²) in [5.74, 6) is 2.00. The van der Waals surface area contributed by atoms with Crippen LogP contribution in [0.15, 0.2) is 29.1 Å². The summed E-state index contributed by atoms with van der Waals surface area (Å²) >= 11 is 1.72. The number of thiophene rings is 1. The smallest absolute Gasteiger partial charge is 0.259 e. The Hall–Kier alpha value is -1.98. The quantitative estimate of drug-likeness (QED) is 0.612. The van der Waals surface area contributed by atoms with Crippen LogP contribution in [0.5, 0.6) is 0 Å². The maximum atomic E-state index is 12.9. The van der Waals surface area contributed by atoms with E-state index in [-0.39, 0.29) is 11.6 Å². The van der Waals surface area contributed by atoms with Crippen molar-refractivity contribution in [2.45, 2.75) is 65.5 Å². The molecular weight excluding hydrogens is 378 g/mol. The van der Waals surface area contributed by atoms with Crippen LogP contribution in [0, 0.1) is 5.92 Å². The number of nitrogens with zero attached hydrogens (tertiary/aromatic N) is 2. The van der Waals surface area contributed by atoms with Gasteiger partial charge in [0.05, 0.1) is 11.4 Å². The molecule has 1 aliphatic carbocycles. The highest BCUT2D eigenvalue weighted by Crippen LogP contribution is 2.36. The van der Waals surface area contributed by atoms with Gasteiger partial charge in [0.1, 0.15) is 10.7 Å². The Kier molecular flexibility index (Phi) is 5.63. The van der Waals surface area contributed by atoms with Crippen molar-refractivity contribution in [2.75, 3.05) is 7.05 Å². The maximum absolute atomic E-state index is 12.9. The molecule has 29 heavy (non-hydrogen) atoms. The van der Waals surface area contributed by atoms with E-state index in [0.29, 0.717) is 11.8 Å². The lowest BCUT2D eigenvalue weighted by atomic mass is 9.89. The van der Waals surface area contributed by atoms with Crippen molar-refractivity contribution in [1.29, 1.82) is 0 Å². The highest BCUT2D eigenvalue weighted by molar-refractivity contribution is 7.18. The molecule has 2 atom stereocenters. The number of aromatic nitrogens is 2. The van der Waals surface area contributed by atoms with Crippen molar-refractivity contribution in [2.24, 2.45) is 5.92 Å². The number of aromatic amines is 1. The van der Waals surface area contributed by atoms with Gasteiger partial charge in [0.2, 0.25) is 0 Å². The zero-order valence-corrected chi connectivity index (χ0v) is 18.9. The minimum atomic E-state index is 0.0265. The third kappa shape index (κ3) is 4.03. The Morgan fingerprint density at radius 1 is 1.24 bits per heavy atom. The topological polar surface area (TPSA) is 49.0 Å². The molecule has 0 fully saturated rings. The van der Waals surface area contributed by atoms with Crippen molar-refractivity contribution in [3.8, 4) is 0 Å². The van der Waals surface area contributed by atoms with Crippen LogP contribution in [0.2, 0.25) is 0 Å². The van der Waals surface area contributed by atoms with Crippen LogP contribution in [0.3, 0.4) is 0 Å². The van der Waals surface area contributed by atoms with Crippen LogP contribution in [0.4, 0.5) is 0 Å². The Morgan fingerprint density at radius 2 is 1.97 bits per heavy atom. The first-order valence-electron chi connectivity index (χ1n) is 10.7. The fraction of sp³-hybridized carbons (Fsp3) is 0.500. The first-order valence-corrected chi connectivity index (χ1v) is 11.5. The molecule has 3 aromatic rings. The van der Waals surface area contributed by atoms with Crippen LogP contribution in [-0.4, -0.2) is 21.9 Å². The number of H-pyrrole nitrogens is 1. The molecule has 0 bridgehead atoms. The molecular formula is C24H31N3OS. The predicted octanol–water partition coefficient (Wildman–Crippen LogP) is 5.43. The van der Waals surface area contributed by atoms with E-state index in [1.54, 1.807) is 11.3 Å². The van der Waals surface area contributed by atoms with Gasteiger partial charge in [-0.25, -0.2) is 4.98 Å². The minimum Gasteiger partial charge on any atom is -0.309 e. The average Bonchev–Trinajstić information content (AvgIpc) is 3.05. The lowest BCUT2D eigenvalue weighted by molar-refractivity contribution is 0.244. The molecule has 0 radical (unpaired) electrons. The summed E-state index contributed by atoms with van der Waals surface area (Å²) in [5, 5.41) is 0.833. The number of fused-ring (bicyclic) bond motifs is 3. The second-order valence-corrected chi connectivity index (χ2v) is 10.1. The summed E-state index contributed by atoms with van der Waals surface area (Å²) in [5.41, 5.74) is 3.90. The van der Waals surface area contributed by atoms with Gasteiger partial charge in [-0.05, 0) is 61.8 Å². The van der Waals surface area contributed by atoms with Crippen LogP contribution in [-0.2, 0) is 19.4 Å². The Morgan fingerprint density at radius 3 is 2.66 bits per heavy atom. The zero-order chi connectivity index (χ0) is 20.7. The molecule has 0 spiro atoms. The SMILES string of the molecule is CC1CCc2c(sc3nc(C(C)N(C)Cc4ccc(C(C)C)cc4)[nH]c(=O)c23)C1. The number of rotatable bonds is 5. The van der Waals surface area contributed by atoms with Gasteiger partial charge in [-0.3, -0.25) is 9.69 Å². The Balaban J connectivity index is 1.57. The fourth-order valence-electron chi connectivity index (χ4n) is 4.20. The molecule has 5 heteroatoms. The fourth-order valence-corrected chi connectivity index (χ4v) is 5.60.